The van der Waals surface area contributed by atoms with E-state index in [1.165, 1.54) is 6.07 Å². The summed E-state index contributed by atoms with van der Waals surface area (Å²) in [7, 11) is -1.98. The Morgan fingerprint density at radius 3 is 2.63 bits per heavy atom. The van der Waals surface area contributed by atoms with E-state index in [1.807, 2.05) is 13.0 Å². The number of sulfonamides is 1. The second-order valence-electron chi connectivity index (χ2n) is 4.69. The number of ether oxygens (including phenoxy) is 1. The predicted octanol–water partition coefficient (Wildman–Crippen LogP) is 1.41. The van der Waals surface area contributed by atoms with Gasteiger partial charge < -0.3 is 10.1 Å². The minimum Gasteiger partial charge on any atom is -0.385 e. The van der Waals surface area contributed by atoms with Crippen molar-refractivity contribution >= 4 is 10.0 Å². The van der Waals surface area contributed by atoms with Crippen LogP contribution < -0.4 is 10.5 Å². The van der Waals surface area contributed by atoms with Crippen molar-refractivity contribution in [3.8, 4) is 0 Å². The summed E-state index contributed by atoms with van der Waals surface area (Å²) in [6.07, 6.45) is 0.899. The van der Waals surface area contributed by atoms with Crippen molar-refractivity contribution in [2.75, 3.05) is 13.7 Å². The molecule has 0 saturated heterocycles. The molecule has 0 fully saturated rings. The maximum absolute atomic E-state index is 11.3. The van der Waals surface area contributed by atoms with Gasteiger partial charge in [-0.05, 0) is 38.0 Å². The first-order valence-corrected chi connectivity index (χ1v) is 7.77. The Bertz CT molecular complexity index is 502. The van der Waals surface area contributed by atoms with Gasteiger partial charge in [-0.15, -0.1) is 0 Å². The van der Waals surface area contributed by atoms with Gasteiger partial charge in [-0.25, -0.2) is 13.6 Å². The second kappa shape index (κ2) is 7.00. The maximum atomic E-state index is 11.3. The first-order chi connectivity index (χ1) is 8.84. The summed E-state index contributed by atoms with van der Waals surface area (Å²) in [5.74, 6) is 0. The molecule has 5 nitrogen and oxygen atoms in total. The fraction of sp³-hybridized carbons (Fsp3) is 0.538. The lowest BCUT2D eigenvalue weighted by Gasteiger charge is -2.20. The molecule has 0 heterocycles. The van der Waals surface area contributed by atoms with Gasteiger partial charge in [-0.3, -0.25) is 0 Å². The molecule has 1 rings (SSSR count). The Kier molecular flexibility index (Phi) is 5.93. The highest BCUT2D eigenvalue weighted by atomic mass is 32.2. The molecule has 1 aromatic carbocycles. The summed E-state index contributed by atoms with van der Waals surface area (Å²) in [6, 6.07) is 7.03. The minimum absolute atomic E-state index is 0.0496. The number of primary sulfonamides is 1. The van der Waals surface area contributed by atoms with Crippen molar-refractivity contribution in [3.05, 3.63) is 29.8 Å². The summed E-state index contributed by atoms with van der Waals surface area (Å²) >= 11 is 0. The van der Waals surface area contributed by atoms with Crippen molar-refractivity contribution in [3.63, 3.8) is 0 Å². The molecule has 19 heavy (non-hydrogen) atoms. The molecule has 0 aliphatic heterocycles. The van der Waals surface area contributed by atoms with Crippen LogP contribution in [-0.4, -0.2) is 28.2 Å². The number of rotatable bonds is 7. The van der Waals surface area contributed by atoms with Crippen LogP contribution in [0.25, 0.3) is 0 Å². The van der Waals surface area contributed by atoms with Crippen LogP contribution in [0.1, 0.15) is 31.9 Å². The third kappa shape index (κ3) is 5.28. The normalized spacial score (nSPS) is 15.2. The molecule has 0 radical (unpaired) electrons. The van der Waals surface area contributed by atoms with Crippen LogP contribution in [0, 0.1) is 0 Å². The molecule has 0 amide bonds. The van der Waals surface area contributed by atoms with Gasteiger partial charge in [0.05, 0.1) is 4.90 Å². The van der Waals surface area contributed by atoms with Crippen LogP contribution in [0.15, 0.2) is 29.2 Å². The van der Waals surface area contributed by atoms with Crippen LogP contribution in [-0.2, 0) is 14.8 Å². The Balaban J connectivity index is 2.75. The van der Waals surface area contributed by atoms with Crippen LogP contribution in [0.2, 0.25) is 0 Å². The zero-order valence-corrected chi connectivity index (χ0v) is 12.4. The molecule has 3 N–H and O–H groups in total. The van der Waals surface area contributed by atoms with Gasteiger partial charge in [-0.2, -0.15) is 0 Å². The highest BCUT2D eigenvalue weighted by molar-refractivity contribution is 7.89. The topological polar surface area (TPSA) is 81.4 Å². The third-order valence-electron chi connectivity index (χ3n) is 2.98. The molecular weight excluding hydrogens is 264 g/mol. The summed E-state index contributed by atoms with van der Waals surface area (Å²) in [5.41, 5.74) is 0.899. The molecule has 0 aromatic heterocycles. The zero-order valence-electron chi connectivity index (χ0n) is 11.6. The van der Waals surface area contributed by atoms with E-state index in [1.54, 1.807) is 19.2 Å². The molecule has 0 saturated carbocycles. The fourth-order valence-corrected chi connectivity index (χ4v) is 2.43. The van der Waals surface area contributed by atoms with E-state index in [2.05, 4.69) is 12.2 Å². The number of methoxy groups -OCH3 is 1. The first-order valence-electron chi connectivity index (χ1n) is 6.22. The van der Waals surface area contributed by atoms with Crippen LogP contribution in [0.5, 0.6) is 0 Å². The Labute approximate surface area is 115 Å². The van der Waals surface area contributed by atoms with E-state index in [-0.39, 0.29) is 17.0 Å². The van der Waals surface area contributed by atoms with Crippen LogP contribution >= 0.6 is 0 Å². The highest BCUT2D eigenvalue weighted by Crippen LogP contribution is 2.17. The summed E-state index contributed by atoms with van der Waals surface area (Å²) < 4.78 is 27.7. The lowest BCUT2D eigenvalue weighted by molar-refractivity contribution is 0.183. The number of hydrogen-bond donors (Lipinski definition) is 2. The van der Waals surface area contributed by atoms with Crippen molar-refractivity contribution in [1.82, 2.24) is 5.32 Å². The van der Waals surface area contributed by atoms with Crippen molar-refractivity contribution in [1.29, 1.82) is 0 Å². The molecule has 1 aromatic rings. The number of nitrogens with one attached hydrogen (secondary N) is 1. The van der Waals surface area contributed by atoms with Crippen LogP contribution in [0.4, 0.5) is 0 Å². The highest BCUT2D eigenvalue weighted by Gasteiger charge is 2.13. The Morgan fingerprint density at radius 2 is 2.05 bits per heavy atom. The molecule has 108 valence electrons. The monoisotopic (exact) mass is 286 g/mol. The quantitative estimate of drug-likeness (QED) is 0.794. The van der Waals surface area contributed by atoms with Gasteiger partial charge in [0.2, 0.25) is 10.0 Å². The maximum Gasteiger partial charge on any atom is 0.238 e. The van der Waals surface area contributed by atoms with Gasteiger partial charge in [0.1, 0.15) is 0 Å². The summed E-state index contributed by atoms with van der Waals surface area (Å²) in [6.45, 7) is 4.75. The van der Waals surface area contributed by atoms with Crippen molar-refractivity contribution < 1.29 is 13.2 Å². The Morgan fingerprint density at radius 1 is 1.37 bits per heavy atom. The lowest BCUT2D eigenvalue weighted by atomic mass is 10.1. The largest absolute Gasteiger partial charge is 0.385 e. The van der Waals surface area contributed by atoms with E-state index in [0.717, 1.165) is 12.0 Å². The fourth-order valence-electron chi connectivity index (χ4n) is 1.86. The van der Waals surface area contributed by atoms with Gasteiger partial charge >= 0.3 is 0 Å². The average molecular weight is 286 g/mol. The predicted molar refractivity (Wildman–Crippen MR) is 75.3 cm³/mol. The third-order valence-corrected chi connectivity index (χ3v) is 3.89. The second-order valence-corrected chi connectivity index (χ2v) is 6.25. The lowest BCUT2D eigenvalue weighted by Crippen LogP contribution is -2.30. The standard InChI is InChI=1S/C13H22N2O3S/c1-10(7-8-18-3)15-11(2)12-5-4-6-13(9-12)19(14,16)17/h4-6,9-11,15H,7-8H2,1-3H3,(H2,14,16,17). The van der Waals surface area contributed by atoms with Gasteiger partial charge in [0.25, 0.3) is 0 Å². The van der Waals surface area contributed by atoms with E-state index in [0.29, 0.717) is 6.61 Å². The van der Waals surface area contributed by atoms with E-state index in [9.17, 15) is 8.42 Å². The molecule has 0 bridgehead atoms. The average Bonchev–Trinajstić information content (AvgIpc) is 2.35. The molecule has 6 heteroatoms. The van der Waals surface area contributed by atoms with E-state index < -0.39 is 10.0 Å². The molecule has 2 atom stereocenters. The van der Waals surface area contributed by atoms with E-state index >= 15 is 0 Å². The van der Waals surface area contributed by atoms with Crippen molar-refractivity contribution in [2.45, 2.75) is 37.2 Å². The van der Waals surface area contributed by atoms with E-state index in [4.69, 9.17) is 9.88 Å². The van der Waals surface area contributed by atoms with Gasteiger partial charge in [0.15, 0.2) is 0 Å². The SMILES string of the molecule is COCCC(C)NC(C)c1cccc(S(N)(=O)=O)c1. The minimum atomic E-state index is -3.65. The van der Waals surface area contributed by atoms with Crippen molar-refractivity contribution in [2.24, 2.45) is 5.14 Å². The number of benzene rings is 1. The zero-order chi connectivity index (χ0) is 14.5. The van der Waals surface area contributed by atoms with Gasteiger partial charge in [-0.1, -0.05) is 12.1 Å². The van der Waals surface area contributed by atoms with Crippen LogP contribution in [0.3, 0.4) is 0 Å². The van der Waals surface area contributed by atoms with Gasteiger partial charge in [0, 0.05) is 25.8 Å². The molecule has 0 aliphatic carbocycles. The Hall–Kier alpha value is -0.950. The smallest absolute Gasteiger partial charge is 0.238 e. The molecule has 2 unspecified atom stereocenters. The number of nitrogens with two attached hydrogens (primary N) is 1. The number of hydrogen-bond acceptors (Lipinski definition) is 4. The molecule has 0 spiro atoms. The summed E-state index contributed by atoms with van der Waals surface area (Å²) in [4.78, 5) is 0.142. The first kappa shape index (κ1) is 16.1. The molecular formula is C13H22N2O3S. The summed E-state index contributed by atoms with van der Waals surface area (Å²) in [5, 5.41) is 8.52. The molecule has 0 aliphatic rings.